The van der Waals surface area contributed by atoms with Crippen molar-refractivity contribution in [2.24, 2.45) is 5.92 Å². The first-order valence-corrected chi connectivity index (χ1v) is 7.57. The number of aromatic nitrogens is 1. The first-order valence-electron chi connectivity index (χ1n) is 7.57. The Morgan fingerprint density at radius 1 is 1.45 bits per heavy atom. The molecule has 0 atom stereocenters. The van der Waals surface area contributed by atoms with Gasteiger partial charge in [0.25, 0.3) is 0 Å². The third kappa shape index (κ3) is 4.89. The van der Waals surface area contributed by atoms with Crippen LogP contribution in [0.2, 0.25) is 0 Å². The molecule has 114 valence electrons. The predicted octanol–water partition coefficient (Wildman–Crippen LogP) is 2.03. The molecule has 0 saturated carbocycles. The molecule has 1 aliphatic heterocycles. The SMILES string of the molecule is COC1CCN(Cc2cc(CNCC(C)C)no2)CC1. The molecule has 1 N–H and O–H groups in total. The third-order valence-corrected chi connectivity index (χ3v) is 3.71. The van der Waals surface area contributed by atoms with E-state index in [1.54, 1.807) is 7.11 Å². The van der Waals surface area contributed by atoms with Gasteiger partial charge in [-0.3, -0.25) is 4.90 Å². The highest BCUT2D eigenvalue weighted by Gasteiger charge is 2.19. The predicted molar refractivity (Wildman–Crippen MR) is 78.4 cm³/mol. The van der Waals surface area contributed by atoms with Crippen LogP contribution in [0.5, 0.6) is 0 Å². The molecule has 0 radical (unpaired) electrons. The number of piperidine rings is 1. The Hall–Kier alpha value is -0.910. The van der Waals surface area contributed by atoms with Crippen LogP contribution in [0.25, 0.3) is 0 Å². The summed E-state index contributed by atoms with van der Waals surface area (Å²) < 4.78 is 10.8. The molecule has 1 aromatic rings. The normalized spacial score (nSPS) is 18.0. The topological polar surface area (TPSA) is 50.5 Å². The van der Waals surface area contributed by atoms with Crippen molar-refractivity contribution in [1.29, 1.82) is 0 Å². The first-order chi connectivity index (χ1) is 9.67. The van der Waals surface area contributed by atoms with E-state index in [1.807, 2.05) is 0 Å². The zero-order valence-electron chi connectivity index (χ0n) is 12.9. The molecule has 1 aromatic heterocycles. The van der Waals surface area contributed by atoms with E-state index in [9.17, 15) is 0 Å². The fraction of sp³-hybridized carbons (Fsp3) is 0.800. The van der Waals surface area contributed by atoms with E-state index in [0.717, 1.165) is 57.0 Å². The van der Waals surface area contributed by atoms with Gasteiger partial charge in [0, 0.05) is 32.8 Å². The fourth-order valence-electron chi connectivity index (χ4n) is 2.53. The fourth-order valence-corrected chi connectivity index (χ4v) is 2.53. The minimum absolute atomic E-state index is 0.428. The average molecular weight is 281 g/mol. The standard InChI is InChI=1S/C15H27N3O2/c1-12(2)9-16-10-13-8-15(20-17-13)11-18-6-4-14(19-3)5-7-18/h8,12,14,16H,4-7,9-11H2,1-3H3. The molecule has 0 aliphatic carbocycles. The molecular formula is C15H27N3O2. The summed E-state index contributed by atoms with van der Waals surface area (Å²) in [5, 5.41) is 7.50. The lowest BCUT2D eigenvalue weighted by molar-refractivity contribution is 0.0364. The number of rotatable bonds is 7. The van der Waals surface area contributed by atoms with Crippen molar-refractivity contribution in [1.82, 2.24) is 15.4 Å². The number of likely N-dealkylation sites (tertiary alicyclic amines) is 1. The van der Waals surface area contributed by atoms with Crippen LogP contribution in [0, 0.1) is 5.92 Å². The van der Waals surface area contributed by atoms with E-state index in [0.29, 0.717) is 12.0 Å². The maximum atomic E-state index is 5.42. The van der Waals surface area contributed by atoms with E-state index >= 15 is 0 Å². The quantitative estimate of drug-likeness (QED) is 0.829. The van der Waals surface area contributed by atoms with Gasteiger partial charge in [0.2, 0.25) is 0 Å². The molecule has 0 unspecified atom stereocenters. The van der Waals surface area contributed by atoms with Gasteiger partial charge >= 0.3 is 0 Å². The number of nitrogens with zero attached hydrogens (tertiary/aromatic N) is 2. The van der Waals surface area contributed by atoms with Crippen molar-refractivity contribution in [3.05, 3.63) is 17.5 Å². The molecule has 0 aromatic carbocycles. The van der Waals surface area contributed by atoms with Crippen molar-refractivity contribution in [2.75, 3.05) is 26.7 Å². The molecule has 20 heavy (non-hydrogen) atoms. The summed E-state index contributed by atoms with van der Waals surface area (Å²) in [7, 11) is 1.80. The Labute approximate surface area is 121 Å². The van der Waals surface area contributed by atoms with Crippen LogP contribution >= 0.6 is 0 Å². The van der Waals surface area contributed by atoms with E-state index in [1.165, 1.54) is 0 Å². The highest BCUT2D eigenvalue weighted by atomic mass is 16.5. The first kappa shape index (κ1) is 15.5. The zero-order valence-corrected chi connectivity index (χ0v) is 12.9. The van der Waals surface area contributed by atoms with Crippen LogP contribution in [-0.2, 0) is 17.8 Å². The Morgan fingerprint density at radius 3 is 2.85 bits per heavy atom. The lowest BCUT2D eigenvalue weighted by atomic mass is 10.1. The van der Waals surface area contributed by atoms with Crippen molar-refractivity contribution < 1.29 is 9.26 Å². The van der Waals surface area contributed by atoms with Crippen LogP contribution in [0.3, 0.4) is 0 Å². The minimum Gasteiger partial charge on any atom is -0.381 e. The average Bonchev–Trinajstić information content (AvgIpc) is 2.87. The van der Waals surface area contributed by atoms with Crippen LogP contribution in [0.1, 0.15) is 38.1 Å². The Morgan fingerprint density at radius 2 is 2.20 bits per heavy atom. The number of ether oxygens (including phenoxy) is 1. The zero-order chi connectivity index (χ0) is 14.4. The molecular weight excluding hydrogens is 254 g/mol. The van der Waals surface area contributed by atoms with Gasteiger partial charge in [0.1, 0.15) is 0 Å². The van der Waals surface area contributed by atoms with Crippen LogP contribution in [0.4, 0.5) is 0 Å². The maximum absolute atomic E-state index is 5.42. The molecule has 2 rings (SSSR count). The molecule has 0 spiro atoms. The van der Waals surface area contributed by atoms with Crippen LogP contribution < -0.4 is 5.32 Å². The molecule has 5 heteroatoms. The highest BCUT2D eigenvalue weighted by molar-refractivity contribution is 5.05. The lowest BCUT2D eigenvalue weighted by Crippen LogP contribution is -2.36. The molecule has 2 heterocycles. The summed E-state index contributed by atoms with van der Waals surface area (Å²) in [6.07, 6.45) is 2.64. The Kier molecular flexibility index (Phi) is 6.01. The van der Waals surface area contributed by atoms with Crippen molar-refractivity contribution in [3.63, 3.8) is 0 Å². The monoisotopic (exact) mass is 281 g/mol. The van der Waals surface area contributed by atoms with E-state index in [-0.39, 0.29) is 0 Å². The molecule has 5 nitrogen and oxygen atoms in total. The second-order valence-electron chi connectivity index (χ2n) is 6.02. The van der Waals surface area contributed by atoms with Gasteiger partial charge in [-0.05, 0) is 25.3 Å². The number of methoxy groups -OCH3 is 1. The second-order valence-corrected chi connectivity index (χ2v) is 6.02. The molecule has 0 bridgehead atoms. The smallest absolute Gasteiger partial charge is 0.151 e. The summed E-state index contributed by atoms with van der Waals surface area (Å²) in [6.45, 7) is 9.18. The van der Waals surface area contributed by atoms with Gasteiger partial charge in [-0.1, -0.05) is 19.0 Å². The van der Waals surface area contributed by atoms with Crippen LogP contribution in [0.15, 0.2) is 10.6 Å². The number of hydrogen-bond donors (Lipinski definition) is 1. The van der Waals surface area contributed by atoms with Crippen LogP contribution in [-0.4, -0.2) is 42.9 Å². The Bertz CT molecular complexity index is 384. The molecule has 0 amide bonds. The largest absolute Gasteiger partial charge is 0.381 e. The van der Waals surface area contributed by atoms with Crippen molar-refractivity contribution in [2.45, 2.75) is 45.9 Å². The number of nitrogens with one attached hydrogen (secondary N) is 1. The minimum atomic E-state index is 0.428. The van der Waals surface area contributed by atoms with Gasteiger partial charge in [-0.2, -0.15) is 0 Å². The van der Waals surface area contributed by atoms with Crippen molar-refractivity contribution >= 4 is 0 Å². The lowest BCUT2D eigenvalue weighted by Gasteiger charge is -2.30. The van der Waals surface area contributed by atoms with Gasteiger partial charge in [0.05, 0.1) is 18.3 Å². The molecule has 1 saturated heterocycles. The van der Waals surface area contributed by atoms with Gasteiger partial charge in [-0.15, -0.1) is 0 Å². The van der Waals surface area contributed by atoms with Gasteiger partial charge in [0.15, 0.2) is 5.76 Å². The third-order valence-electron chi connectivity index (χ3n) is 3.71. The summed E-state index contributed by atoms with van der Waals surface area (Å²) >= 11 is 0. The summed E-state index contributed by atoms with van der Waals surface area (Å²) in [4.78, 5) is 2.40. The summed E-state index contributed by atoms with van der Waals surface area (Å²) in [5.74, 6) is 1.62. The van der Waals surface area contributed by atoms with Gasteiger partial charge < -0.3 is 14.6 Å². The van der Waals surface area contributed by atoms with Crippen molar-refractivity contribution in [3.8, 4) is 0 Å². The molecule has 1 fully saturated rings. The van der Waals surface area contributed by atoms with E-state index in [4.69, 9.17) is 9.26 Å². The maximum Gasteiger partial charge on any atom is 0.151 e. The second kappa shape index (κ2) is 7.76. The molecule has 1 aliphatic rings. The summed E-state index contributed by atoms with van der Waals surface area (Å²) in [6, 6.07) is 2.07. The summed E-state index contributed by atoms with van der Waals surface area (Å²) in [5.41, 5.74) is 0.993. The Balaban J connectivity index is 1.72. The van der Waals surface area contributed by atoms with E-state index < -0.39 is 0 Å². The number of hydrogen-bond acceptors (Lipinski definition) is 5. The van der Waals surface area contributed by atoms with E-state index in [2.05, 4.69) is 35.3 Å². The van der Waals surface area contributed by atoms with Gasteiger partial charge in [-0.25, -0.2) is 0 Å². The highest BCUT2D eigenvalue weighted by Crippen LogP contribution is 2.16.